The zero-order valence-electron chi connectivity index (χ0n) is 16.8. The number of methoxy groups -OCH3 is 1. The first-order chi connectivity index (χ1) is 14.2. The molecular formula is C20H26N6O3. The minimum Gasteiger partial charge on any atom is -0.383 e. The Morgan fingerprint density at radius 3 is 2.97 bits per heavy atom. The zero-order chi connectivity index (χ0) is 20.4. The van der Waals surface area contributed by atoms with Crippen LogP contribution in [0.3, 0.4) is 0 Å². The molecule has 1 fully saturated rings. The van der Waals surface area contributed by atoms with Crippen LogP contribution in [-0.2, 0) is 17.8 Å². The standard InChI is InChI=1S/C20H26N6O3/c1-3-25-17(8-10-22-25)19(27)23-11-5-6-15(14-23)26-18-16(7-4-9-21-18)24(20(26)28)12-13-29-2/h4,7-10,15H,3,5-6,11-14H2,1-2H3/t15-/m0/s1. The second-order valence-corrected chi connectivity index (χ2v) is 7.22. The third kappa shape index (κ3) is 3.46. The summed E-state index contributed by atoms with van der Waals surface area (Å²) in [7, 11) is 1.62. The maximum atomic E-state index is 13.2. The van der Waals surface area contributed by atoms with Crippen molar-refractivity contribution >= 4 is 17.1 Å². The molecule has 0 radical (unpaired) electrons. The van der Waals surface area contributed by atoms with Gasteiger partial charge in [0.05, 0.1) is 24.7 Å². The number of imidazole rings is 1. The summed E-state index contributed by atoms with van der Waals surface area (Å²) in [6.07, 6.45) is 5.01. The lowest BCUT2D eigenvalue weighted by Gasteiger charge is -2.33. The van der Waals surface area contributed by atoms with E-state index in [0.29, 0.717) is 44.1 Å². The first kappa shape index (κ1) is 19.4. The van der Waals surface area contributed by atoms with Gasteiger partial charge in [0.1, 0.15) is 5.69 Å². The van der Waals surface area contributed by atoms with Gasteiger partial charge in [-0.1, -0.05) is 0 Å². The molecule has 3 aromatic heterocycles. The van der Waals surface area contributed by atoms with Gasteiger partial charge in [0.15, 0.2) is 5.65 Å². The summed E-state index contributed by atoms with van der Waals surface area (Å²) < 4.78 is 10.3. The van der Waals surface area contributed by atoms with Gasteiger partial charge in [-0.05, 0) is 38.0 Å². The second kappa shape index (κ2) is 8.20. The van der Waals surface area contributed by atoms with Crippen LogP contribution in [0, 0.1) is 0 Å². The molecule has 9 nitrogen and oxygen atoms in total. The van der Waals surface area contributed by atoms with Gasteiger partial charge in [0, 0.05) is 39.1 Å². The molecule has 1 atom stereocenters. The monoisotopic (exact) mass is 398 g/mol. The third-order valence-corrected chi connectivity index (χ3v) is 5.53. The van der Waals surface area contributed by atoms with E-state index >= 15 is 0 Å². The number of amides is 1. The van der Waals surface area contributed by atoms with Crippen LogP contribution in [0.25, 0.3) is 11.2 Å². The van der Waals surface area contributed by atoms with Crippen LogP contribution in [0.15, 0.2) is 35.4 Å². The molecule has 1 aliphatic heterocycles. The zero-order valence-corrected chi connectivity index (χ0v) is 16.8. The van der Waals surface area contributed by atoms with Crippen molar-refractivity contribution in [1.82, 2.24) is 28.8 Å². The Bertz CT molecular complexity index is 1070. The van der Waals surface area contributed by atoms with Gasteiger partial charge in [-0.2, -0.15) is 5.10 Å². The molecule has 29 heavy (non-hydrogen) atoms. The number of hydrogen-bond donors (Lipinski definition) is 0. The summed E-state index contributed by atoms with van der Waals surface area (Å²) in [6, 6.07) is 5.37. The van der Waals surface area contributed by atoms with Gasteiger partial charge in [0.2, 0.25) is 0 Å². The SMILES string of the molecule is CCn1nccc1C(=O)N1CCC[C@H](n2c(=O)n(CCOC)c3cccnc32)C1. The van der Waals surface area contributed by atoms with Crippen LogP contribution >= 0.6 is 0 Å². The second-order valence-electron chi connectivity index (χ2n) is 7.22. The molecule has 0 N–H and O–H groups in total. The molecule has 4 heterocycles. The van der Waals surface area contributed by atoms with Crippen LogP contribution in [0.1, 0.15) is 36.3 Å². The van der Waals surface area contributed by atoms with Crippen molar-refractivity contribution in [3.8, 4) is 0 Å². The van der Waals surface area contributed by atoms with Crippen molar-refractivity contribution in [3.63, 3.8) is 0 Å². The minimum absolute atomic E-state index is 0.0434. The van der Waals surface area contributed by atoms with E-state index in [9.17, 15) is 9.59 Å². The molecule has 1 aliphatic rings. The van der Waals surface area contributed by atoms with Crippen LogP contribution in [0.5, 0.6) is 0 Å². The Morgan fingerprint density at radius 2 is 2.17 bits per heavy atom. The topological polar surface area (TPSA) is 87.2 Å². The van der Waals surface area contributed by atoms with Crippen LogP contribution in [0.2, 0.25) is 0 Å². The Hall–Kier alpha value is -2.94. The smallest absolute Gasteiger partial charge is 0.330 e. The van der Waals surface area contributed by atoms with E-state index in [1.165, 1.54) is 0 Å². The van der Waals surface area contributed by atoms with E-state index in [2.05, 4.69) is 10.1 Å². The molecule has 0 aliphatic carbocycles. The number of nitrogens with zero attached hydrogens (tertiary/aromatic N) is 6. The van der Waals surface area contributed by atoms with Crippen LogP contribution in [-0.4, -0.2) is 61.5 Å². The van der Waals surface area contributed by atoms with Crippen molar-refractivity contribution < 1.29 is 9.53 Å². The van der Waals surface area contributed by atoms with Gasteiger partial charge in [-0.15, -0.1) is 0 Å². The molecule has 0 bridgehead atoms. The summed E-state index contributed by atoms with van der Waals surface area (Å²) in [5, 5.41) is 4.20. The molecular weight excluding hydrogens is 372 g/mol. The lowest BCUT2D eigenvalue weighted by molar-refractivity contribution is 0.0666. The number of aromatic nitrogens is 5. The van der Waals surface area contributed by atoms with Gasteiger partial charge >= 0.3 is 5.69 Å². The molecule has 0 aromatic carbocycles. The first-order valence-electron chi connectivity index (χ1n) is 10.0. The van der Waals surface area contributed by atoms with Crippen LogP contribution in [0.4, 0.5) is 0 Å². The van der Waals surface area contributed by atoms with Crippen molar-refractivity contribution in [2.45, 2.75) is 38.9 Å². The highest BCUT2D eigenvalue weighted by Crippen LogP contribution is 2.25. The minimum atomic E-state index is -0.112. The molecule has 3 aromatic rings. The number of ether oxygens (including phenoxy) is 1. The Kier molecular flexibility index (Phi) is 5.48. The lowest BCUT2D eigenvalue weighted by atomic mass is 10.0. The molecule has 154 valence electrons. The Morgan fingerprint density at radius 1 is 1.31 bits per heavy atom. The van der Waals surface area contributed by atoms with Gasteiger partial charge < -0.3 is 9.64 Å². The highest BCUT2D eigenvalue weighted by molar-refractivity contribution is 5.92. The Labute approximate surface area is 168 Å². The molecule has 0 unspecified atom stereocenters. The van der Waals surface area contributed by atoms with E-state index in [4.69, 9.17) is 4.74 Å². The number of fused-ring (bicyclic) bond motifs is 1. The summed E-state index contributed by atoms with van der Waals surface area (Å²) in [6.45, 7) is 4.67. The van der Waals surface area contributed by atoms with E-state index in [-0.39, 0.29) is 17.6 Å². The first-order valence-corrected chi connectivity index (χ1v) is 10.0. The average Bonchev–Trinajstić information content (AvgIpc) is 3.34. The average molecular weight is 398 g/mol. The number of piperidine rings is 1. The van der Waals surface area contributed by atoms with E-state index in [0.717, 1.165) is 18.4 Å². The van der Waals surface area contributed by atoms with Crippen molar-refractivity contribution in [3.05, 3.63) is 46.8 Å². The molecule has 9 heteroatoms. The largest absolute Gasteiger partial charge is 0.383 e. The normalized spacial score (nSPS) is 17.2. The van der Waals surface area contributed by atoms with Crippen molar-refractivity contribution in [2.75, 3.05) is 26.8 Å². The molecule has 0 saturated carbocycles. The number of carbonyl (C=O) groups is 1. The maximum absolute atomic E-state index is 13.2. The summed E-state index contributed by atoms with van der Waals surface area (Å²) in [5.74, 6) is -0.0434. The number of aryl methyl sites for hydroxylation is 1. The highest BCUT2D eigenvalue weighted by atomic mass is 16.5. The molecule has 4 rings (SSSR count). The molecule has 0 spiro atoms. The summed E-state index contributed by atoms with van der Waals surface area (Å²) >= 11 is 0. The fraction of sp³-hybridized carbons (Fsp3) is 0.500. The van der Waals surface area contributed by atoms with E-state index in [1.54, 1.807) is 39.4 Å². The quantitative estimate of drug-likeness (QED) is 0.629. The van der Waals surface area contributed by atoms with Gasteiger partial charge in [-0.3, -0.25) is 18.6 Å². The maximum Gasteiger partial charge on any atom is 0.330 e. The van der Waals surface area contributed by atoms with Crippen LogP contribution < -0.4 is 5.69 Å². The molecule has 1 amide bonds. The third-order valence-electron chi connectivity index (χ3n) is 5.53. The lowest BCUT2D eigenvalue weighted by Crippen LogP contribution is -2.43. The number of rotatable bonds is 6. The van der Waals surface area contributed by atoms with Gasteiger partial charge in [-0.25, -0.2) is 9.78 Å². The molecule has 1 saturated heterocycles. The Balaban J connectivity index is 1.67. The fourth-order valence-corrected chi connectivity index (χ4v) is 4.11. The predicted octanol–water partition coefficient (Wildman–Crippen LogP) is 1.54. The number of carbonyl (C=O) groups excluding carboxylic acids is 1. The fourth-order valence-electron chi connectivity index (χ4n) is 4.11. The van der Waals surface area contributed by atoms with Crippen molar-refractivity contribution in [2.24, 2.45) is 0 Å². The van der Waals surface area contributed by atoms with E-state index < -0.39 is 0 Å². The van der Waals surface area contributed by atoms with Gasteiger partial charge in [0.25, 0.3) is 5.91 Å². The number of pyridine rings is 1. The summed E-state index contributed by atoms with van der Waals surface area (Å²) in [4.78, 5) is 32.6. The summed E-state index contributed by atoms with van der Waals surface area (Å²) in [5.41, 5.74) is 1.93. The number of likely N-dealkylation sites (tertiary alicyclic amines) is 1. The highest BCUT2D eigenvalue weighted by Gasteiger charge is 2.30. The predicted molar refractivity (Wildman–Crippen MR) is 108 cm³/mol. The number of hydrogen-bond acceptors (Lipinski definition) is 5. The van der Waals surface area contributed by atoms with Crippen molar-refractivity contribution in [1.29, 1.82) is 0 Å². The van der Waals surface area contributed by atoms with E-state index in [1.807, 2.05) is 24.0 Å².